The number of imidazole rings is 1. The minimum absolute atomic E-state index is 0.308. The van der Waals surface area contributed by atoms with Gasteiger partial charge in [0, 0.05) is 35.6 Å². The molecule has 1 aliphatic rings. The molecule has 35 heavy (non-hydrogen) atoms. The van der Waals surface area contributed by atoms with Crippen molar-refractivity contribution in [3.8, 4) is 22.5 Å². The number of ether oxygens (including phenoxy) is 2. The number of H-pyrrole nitrogens is 1. The number of hydrogen-bond acceptors (Lipinski definition) is 6. The minimum atomic E-state index is -0.688. The van der Waals surface area contributed by atoms with E-state index in [1.54, 1.807) is 37.1 Å². The van der Waals surface area contributed by atoms with Crippen molar-refractivity contribution in [3.05, 3.63) is 84.6 Å². The molecule has 10 heteroatoms. The van der Waals surface area contributed by atoms with Gasteiger partial charge in [0.25, 0.3) is 0 Å². The summed E-state index contributed by atoms with van der Waals surface area (Å²) in [5, 5.41) is 6.92. The normalized spacial score (nSPS) is 19.9. The van der Waals surface area contributed by atoms with Crippen molar-refractivity contribution >= 4 is 17.3 Å². The van der Waals surface area contributed by atoms with Gasteiger partial charge in [0.05, 0.1) is 42.7 Å². The van der Waals surface area contributed by atoms with E-state index in [1.807, 2.05) is 25.1 Å². The Hall–Kier alpha value is -3.60. The summed E-state index contributed by atoms with van der Waals surface area (Å²) in [6.45, 7) is 3.23. The predicted molar refractivity (Wildman–Crippen MR) is 132 cm³/mol. The number of rotatable bonds is 6. The highest BCUT2D eigenvalue weighted by Gasteiger charge is 2.35. The first-order valence-electron chi connectivity index (χ1n) is 11.1. The van der Waals surface area contributed by atoms with Gasteiger partial charge in [-0.25, -0.2) is 9.37 Å². The third kappa shape index (κ3) is 5.40. The van der Waals surface area contributed by atoms with Gasteiger partial charge in [-0.2, -0.15) is 0 Å². The van der Waals surface area contributed by atoms with Gasteiger partial charge in [-0.15, -0.1) is 0 Å². The zero-order valence-electron chi connectivity index (χ0n) is 19.0. The monoisotopic (exact) mass is 493 g/mol. The standard InChI is InChI=1S/C25H24FN5O3S/c1-25(31-24(35)28-12-16-8-11-32-13-16)14-33-23(34-15-25)22-29-20(17-2-4-19(26)5-3-17)21(30-22)18-6-9-27-10-7-18/h2-11,13,23H,12,14-15H2,1H3,(H,29,30)(H2,28,31,35). The number of nitrogens with one attached hydrogen (secondary N) is 3. The number of aromatic amines is 1. The molecule has 3 aromatic heterocycles. The molecule has 1 fully saturated rings. The average Bonchev–Trinajstić information content (AvgIpc) is 3.55. The molecule has 0 bridgehead atoms. The van der Waals surface area contributed by atoms with E-state index < -0.39 is 11.8 Å². The summed E-state index contributed by atoms with van der Waals surface area (Å²) in [7, 11) is 0. The first-order chi connectivity index (χ1) is 17.0. The van der Waals surface area contributed by atoms with Crippen LogP contribution in [0.25, 0.3) is 22.5 Å². The van der Waals surface area contributed by atoms with E-state index in [4.69, 9.17) is 31.1 Å². The SMILES string of the molecule is CC1(NC(=S)NCc2ccoc2)COC(c2nc(-c3ccc(F)cc3)c(-c3ccncc3)[nH]2)OC1. The molecule has 8 nitrogen and oxygen atoms in total. The van der Waals surface area contributed by atoms with Crippen molar-refractivity contribution in [1.29, 1.82) is 0 Å². The summed E-state index contributed by atoms with van der Waals surface area (Å²) >= 11 is 5.43. The number of benzene rings is 1. The van der Waals surface area contributed by atoms with Gasteiger partial charge in [-0.05, 0) is 61.6 Å². The van der Waals surface area contributed by atoms with Crippen LogP contribution in [-0.2, 0) is 16.0 Å². The Morgan fingerprint density at radius 2 is 1.86 bits per heavy atom. The molecule has 0 atom stereocenters. The van der Waals surface area contributed by atoms with Crippen LogP contribution in [-0.4, -0.2) is 38.8 Å². The summed E-state index contributed by atoms with van der Waals surface area (Å²) in [5.41, 5.74) is 3.60. The van der Waals surface area contributed by atoms with Gasteiger partial charge in [0.15, 0.2) is 10.9 Å². The molecule has 180 valence electrons. The van der Waals surface area contributed by atoms with Crippen molar-refractivity contribution in [2.45, 2.75) is 25.3 Å². The van der Waals surface area contributed by atoms with E-state index in [9.17, 15) is 4.39 Å². The number of thiocarbonyl (C=S) groups is 1. The smallest absolute Gasteiger partial charge is 0.217 e. The zero-order valence-corrected chi connectivity index (χ0v) is 19.8. The van der Waals surface area contributed by atoms with Crippen LogP contribution in [0.3, 0.4) is 0 Å². The van der Waals surface area contributed by atoms with Crippen molar-refractivity contribution < 1.29 is 18.3 Å². The largest absolute Gasteiger partial charge is 0.472 e. The molecule has 0 spiro atoms. The van der Waals surface area contributed by atoms with Crippen molar-refractivity contribution in [1.82, 2.24) is 25.6 Å². The second-order valence-corrected chi connectivity index (χ2v) is 8.95. The molecule has 3 N–H and O–H groups in total. The fourth-order valence-electron chi connectivity index (χ4n) is 3.78. The third-order valence-corrected chi connectivity index (χ3v) is 5.83. The van der Waals surface area contributed by atoms with E-state index in [0.29, 0.717) is 36.4 Å². The summed E-state index contributed by atoms with van der Waals surface area (Å²) in [5.74, 6) is 0.219. The van der Waals surface area contributed by atoms with Gasteiger partial charge in [0.1, 0.15) is 5.82 Å². The lowest BCUT2D eigenvalue weighted by Gasteiger charge is -2.38. The second-order valence-electron chi connectivity index (χ2n) is 8.54. The van der Waals surface area contributed by atoms with E-state index in [1.165, 1.54) is 12.1 Å². The zero-order chi connectivity index (χ0) is 24.3. The summed E-state index contributed by atoms with van der Waals surface area (Å²) in [6, 6.07) is 11.8. The Kier molecular flexibility index (Phi) is 6.58. The molecule has 0 amide bonds. The van der Waals surface area contributed by atoms with E-state index in [-0.39, 0.29) is 5.82 Å². The minimum Gasteiger partial charge on any atom is -0.472 e. The topological polar surface area (TPSA) is 97.2 Å². The highest BCUT2D eigenvalue weighted by molar-refractivity contribution is 7.80. The van der Waals surface area contributed by atoms with Crippen LogP contribution in [0.5, 0.6) is 0 Å². The summed E-state index contributed by atoms with van der Waals surface area (Å²) < 4.78 is 30.6. The fourth-order valence-corrected chi connectivity index (χ4v) is 4.10. The molecule has 1 saturated heterocycles. The van der Waals surface area contributed by atoms with Crippen molar-refractivity contribution in [2.24, 2.45) is 0 Å². The van der Waals surface area contributed by atoms with Crippen molar-refractivity contribution in [2.75, 3.05) is 13.2 Å². The molecule has 0 unspecified atom stereocenters. The van der Waals surface area contributed by atoms with Gasteiger partial charge in [-0.1, -0.05) is 0 Å². The number of nitrogens with zero attached hydrogens (tertiary/aromatic N) is 2. The Balaban J connectivity index is 1.29. The van der Waals surface area contributed by atoms with Gasteiger partial charge in [-0.3, -0.25) is 4.98 Å². The Morgan fingerprint density at radius 3 is 2.54 bits per heavy atom. The molecular weight excluding hydrogens is 469 g/mol. The van der Waals surface area contributed by atoms with Gasteiger partial charge < -0.3 is 29.5 Å². The Morgan fingerprint density at radius 1 is 1.11 bits per heavy atom. The lowest BCUT2D eigenvalue weighted by atomic mass is 10.1. The molecule has 1 aliphatic heterocycles. The third-order valence-electron chi connectivity index (χ3n) is 5.59. The van der Waals surface area contributed by atoms with Crippen LogP contribution in [0, 0.1) is 5.82 Å². The Labute approximate surface area is 206 Å². The maximum absolute atomic E-state index is 13.5. The molecule has 4 heterocycles. The molecule has 0 aliphatic carbocycles. The number of hydrogen-bond donors (Lipinski definition) is 3. The maximum atomic E-state index is 13.5. The summed E-state index contributed by atoms with van der Waals surface area (Å²) in [4.78, 5) is 12.2. The Bertz CT molecular complexity index is 1270. The second kappa shape index (κ2) is 9.95. The lowest BCUT2D eigenvalue weighted by Crippen LogP contribution is -2.57. The van der Waals surface area contributed by atoms with Gasteiger partial charge in [0.2, 0.25) is 6.29 Å². The van der Waals surface area contributed by atoms with Gasteiger partial charge >= 0.3 is 0 Å². The molecule has 5 rings (SSSR count). The first-order valence-corrected chi connectivity index (χ1v) is 11.5. The van der Waals surface area contributed by atoms with Crippen molar-refractivity contribution in [3.63, 3.8) is 0 Å². The number of pyridine rings is 1. The first kappa shape index (κ1) is 23.2. The number of halogens is 1. The molecule has 4 aromatic rings. The quantitative estimate of drug-likeness (QED) is 0.342. The maximum Gasteiger partial charge on any atom is 0.217 e. The number of aromatic nitrogens is 3. The van der Waals surface area contributed by atoms with Crippen LogP contribution in [0.2, 0.25) is 0 Å². The molecule has 0 saturated carbocycles. The molecule has 1 aromatic carbocycles. The average molecular weight is 494 g/mol. The molecule has 0 radical (unpaired) electrons. The predicted octanol–water partition coefficient (Wildman–Crippen LogP) is 4.34. The highest BCUT2D eigenvalue weighted by Crippen LogP contribution is 2.34. The number of furan rings is 1. The fraction of sp³-hybridized carbons (Fsp3) is 0.240. The highest BCUT2D eigenvalue weighted by atomic mass is 32.1. The van der Waals surface area contributed by atoms with E-state index in [2.05, 4.69) is 20.6 Å². The van der Waals surface area contributed by atoms with Crippen LogP contribution in [0.1, 0.15) is 24.6 Å². The van der Waals surface area contributed by atoms with Crippen LogP contribution in [0.4, 0.5) is 4.39 Å². The van der Waals surface area contributed by atoms with E-state index >= 15 is 0 Å². The summed E-state index contributed by atoms with van der Waals surface area (Å²) in [6.07, 6.45) is 6.01. The van der Waals surface area contributed by atoms with Crippen LogP contribution in [0.15, 0.2) is 71.8 Å². The lowest BCUT2D eigenvalue weighted by molar-refractivity contribution is -0.215. The van der Waals surface area contributed by atoms with E-state index in [0.717, 1.165) is 22.4 Å². The van der Waals surface area contributed by atoms with Crippen LogP contribution >= 0.6 is 12.2 Å². The van der Waals surface area contributed by atoms with Crippen LogP contribution < -0.4 is 10.6 Å². The molecular formula is C25H24FN5O3S.